The van der Waals surface area contributed by atoms with E-state index in [0.29, 0.717) is 0 Å². The molecular weight excluding hydrogens is 564 g/mol. The average Bonchev–Trinajstić information content (AvgIpc) is 2.69. The first-order valence-electron chi connectivity index (χ1n) is 12.5. The Morgan fingerprint density at radius 2 is 1.24 bits per heavy atom. The number of alkyl halides is 1. The van der Waals surface area contributed by atoms with Crippen molar-refractivity contribution in [1.29, 1.82) is 0 Å². The summed E-state index contributed by atoms with van der Waals surface area (Å²) in [5.41, 5.74) is -1.39. The summed E-state index contributed by atoms with van der Waals surface area (Å²) in [6, 6.07) is -1.49. The van der Waals surface area contributed by atoms with Gasteiger partial charge >= 0.3 is 17.9 Å². The van der Waals surface area contributed by atoms with Crippen LogP contribution >= 0.6 is 15.9 Å². The van der Waals surface area contributed by atoms with E-state index in [1.807, 2.05) is 0 Å². The van der Waals surface area contributed by atoms with E-state index in [4.69, 9.17) is 14.2 Å². The quantitative estimate of drug-likeness (QED) is 0.132. The number of carbonyl (C=O) groups excluding carboxylic acids is 5. The number of carbonyl (C=O) groups is 5. The molecule has 0 aliphatic heterocycles. The number of rotatable bonds is 14. The summed E-state index contributed by atoms with van der Waals surface area (Å²) in [6.45, 7) is 17.0. The molecule has 0 fully saturated rings. The minimum absolute atomic E-state index is 0.0387. The van der Waals surface area contributed by atoms with Crippen LogP contribution in [-0.4, -0.2) is 73.0 Å². The number of nitrogens with one attached hydrogen (secondary N) is 2. The Hall–Kier alpha value is -1.95. The largest absolute Gasteiger partial charge is 0.464 e. The van der Waals surface area contributed by atoms with Gasteiger partial charge in [0.2, 0.25) is 11.8 Å². The number of amides is 2. The lowest BCUT2D eigenvalue weighted by Crippen LogP contribution is -2.52. The molecule has 214 valence electrons. The lowest BCUT2D eigenvalue weighted by atomic mass is 10.1. The van der Waals surface area contributed by atoms with Crippen molar-refractivity contribution >= 4 is 53.7 Å². The summed E-state index contributed by atoms with van der Waals surface area (Å²) in [6.07, 6.45) is -0.330. The van der Waals surface area contributed by atoms with Crippen LogP contribution in [0.3, 0.4) is 0 Å². The lowest BCUT2D eigenvalue weighted by molar-refractivity contribution is -0.157. The molecule has 37 heavy (non-hydrogen) atoms. The average molecular weight is 610 g/mol. The monoisotopic (exact) mass is 608 g/mol. The fraction of sp³-hybridized carbons (Fsp3) is 0.800. The number of hydrogen-bond acceptors (Lipinski definition) is 8. The second kappa shape index (κ2) is 15.5. The smallest absolute Gasteiger partial charge is 0.328 e. The van der Waals surface area contributed by atoms with Crippen molar-refractivity contribution < 1.29 is 38.2 Å². The Labute approximate surface area is 230 Å². The normalized spacial score (nSPS) is 13.7. The maximum Gasteiger partial charge on any atom is 0.328 e. The van der Waals surface area contributed by atoms with Crippen LogP contribution in [0.1, 0.15) is 67.2 Å². The number of halogens is 1. The van der Waals surface area contributed by atoms with E-state index in [9.17, 15) is 24.0 Å². The van der Waals surface area contributed by atoms with Gasteiger partial charge in [-0.3, -0.25) is 19.2 Å². The number of hydrogen-bond donors (Lipinski definition) is 2. The standard InChI is InChI=1S/C25H45BrN2O8Si/c1-24(2,3)35-20(30)12-10-17(27-19(29)16-26)22(32)28-18(11-13-21(31)36-25(4,5)6)23(33)34-14-15-37(7,8)9/h17-18H,10-16H2,1-9H3,(H,27,29)(H,28,32)/t17-,18+/m1/s1. The van der Waals surface area contributed by atoms with E-state index in [2.05, 4.69) is 46.2 Å². The molecule has 0 aromatic rings. The highest BCUT2D eigenvalue weighted by molar-refractivity contribution is 9.09. The first-order chi connectivity index (χ1) is 16.7. The molecule has 0 aliphatic rings. The van der Waals surface area contributed by atoms with E-state index < -0.39 is 61.1 Å². The van der Waals surface area contributed by atoms with Gasteiger partial charge in [0.1, 0.15) is 23.3 Å². The van der Waals surface area contributed by atoms with E-state index in [1.54, 1.807) is 41.5 Å². The van der Waals surface area contributed by atoms with Crippen LogP contribution in [0.15, 0.2) is 0 Å². The van der Waals surface area contributed by atoms with Gasteiger partial charge in [-0.25, -0.2) is 4.79 Å². The van der Waals surface area contributed by atoms with Gasteiger partial charge in [0.25, 0.3) is 0 Å². The Balaban J connectivity index is 5.50. The molecule has 10 nitrogen and oxygen atoms in total. The van der Waals surface area contributed by atoms with Crippen LogP contribution in [0.25, 0.3) is 0 Å². The molecule has 0 aromatic carbocycles. The van der Waals surface area contributed by atoms with Gasteiger partial charge < -0.3 is 24.8 Å². The van der Waals surface area contributed by atoms with Crippen molar-refractivity contribution in [3.63, 3.8) is 0 Å². The number of ether oxygens (including phenoxy) is 3. The summed E-state index contributed by atoms with van der Waals surface area (Å²) in [5.74, 6) is -2.85. The molecule has 2 atom stereocenters. The summed E-state index contributed by atoms with van der Waals surface area (Å²) >= 11 is 3.04. The first-order valence-corrected chi connectivity index (χ1v) is 17.3. The van der Waals surface area contributed by atoms with Crippen LogP contribution in [0.2, 0.25) is 25.7 Å². The molecular formula is C25H45BrN2O8Si. The Morgan fingerprint density at radius 3 is 1.65 bits per heavy atom. The maximum absolute atomic E-state index is 13.1. The zero-order chi connectivity index (χ0) is 29.0. The molecule has 0 bridgehead atoms. The molecule has 0 saturated carbocycles. The van der Waals surface area contributed by atoms with Crippen molar-refractivity contribution in [2.45, 2.75) is 116 Å². The second-order valence-electron chi connectivity index (χ2n) is 12.0. The number of esters is 3. The van der Waals surface area contributed by atoms with E-state index >= 15 is 0 Å². The minimum atomic E-state index is -1.47. The molecule has 2 amide bonds. The highest BCUT2D eigenvalue weighted by Gasteiger charge is 2.30. The van der Waals surface area contributed by atoms with Crippen molar-refractivity contribution in [3.05, 3.63) is 0 Å². The van der Waals surface area contributed by atoms with Gasteiger partial charge in [-0.2, -0.15) is 0 Å². The highest BCUT2D eigenvalue weighted by Crippen LogP contribution is 2.14. The first kappa shape index (κ1) is 35.0. The van der Waals surface area contributed by atoms with E-state index in [1.165, 1.54) is 0 Å². The van der Waals surface area contributed by atoms with Crippen molar-refractivity contribution in [2.75, 3.05) is 11.9 Å². The Bertz CT molecular complexity index is 800. The molecule has 0 unspecified atom stereocenters. The predicted octanol–water partition coefficient (Wildman–Crippen LogP) is 3.48. The zero-order valence-electron chi connectivity index (χ0n) is 23.7. The summed E-state index contributed by atoms with van der Waals surface area (Å²) < 4.78 is 16.0. The van der Waals surface area contributed by atoms with Crippen LogP contribution < -0.4 is 10.6 Å². The minimum Gasteiger partial charge on any atom is -0.464 e. The van der Waals surface area contributed by atoms with E-state index in [-0.39, 0.29) is 37.6 Å². The van der Waals surface area contributed by atoms with Gasteiger partial charge in [-0.1, -0.05) is 35.6 Å². The molecule has 0 spiro atoms. The predicted molar refractivity (Wildman–Crippen MR) is 147 cm³/mol. The third-order valence-electron chi connectivity index (χ3n) is 4.58. The fourth-order valence-electron chi connectivity index (χ4n) is 2.89. The Kier molecular flexibility index (Phi) is 14.6. The molecule has 2 N–H and O–H groups in total. The molecule has 0 radical (unpaired) electrons. The molecule has 0 aliphatic carbocycles. The summed E-state index contributed by atoms with van der Waals surface area (Å²) in [4.78, 5) is 62.3. The SMILES string of the molecule is CC(C)(C)OC(=O)CC[C@H](NC(=O)[C@@H](CCC(=O)OC(C)(C)C)NC(=O)CBr)C(=O)OCC[Si](C)(C)C. The van der Waals surface area contributed by atoms with Crippen LogP contribution in [0.5, 0.6) is 0 Å². The van der Waals surface area contributed by atoms with Gasteiger partial charge in [-0.15, -0.1) is 0 Å². The molecule has 0 saturated heterocycles. The summed E-state index contributed by atoms with van der Waals surface area (Å²) in [5, 5.41) is 5.08. The molecule has 0 aromatic heterocycles. The van der Waals surface area contributed by atoms with Gasteiger partial charge in [-0.05, 0) is 60.4 Å². The third kappa shape index (κ3) is 18.9. The van der Waals surface area contributed by atoms with Crippen molar-refractivity contribution in [1.82, 2.24) is 10.6 Å². The summed E-state index contributed by atoms with van der Waals surface area (Å²) in [7, 11) is -1.47. The van der Waals surface area contributed by atoms with E-state index in [0.717, 1.165) is 6.04 Å². The van der Waals surface area contributed by atoms with Crippen molar-refractivity contribution in [2.24, 2.45) is 0 Å². The highest BCUT2D eigenvalue weighted by atomic mass is 79.9. The molecule has 0 heterocycles. The van der Waals surface area contributed by atoms with Gasteiger partial charge in [0.15, 0.2) is 0 Å². The topological polar surface area (TPSA) is 137 Å². The van der Waals surface area contributed by atoms with Crippen LogP contribution in [-0.2, 0) is 38.2 Å². The van der Waals surface area contributed by atoms with Gasteiger partial charge in [0, 0.05) is 20.9 Å². The second-order valence-corrected chi connectivity index (χ2v) is 18.2. The van der Waals surface area contributed by atoms with Gasteiger partial charge in [0.05, 0.1) is 11.9 Å². The van der Waals surface area contributed by atoms with Crippen molar-refractivity contribution in [3.8, 4) is 0 Å². The molecule has 0 rings (SSSR count). The van der Waals surface area contributed by atoms with Crippen LogP contribution in [0, 0.1) is 0 Å². The van der Waals surface area contributed by atoms with Crippen LogP contribution in [0.4, 0.5) is 0 Å². The molecule has 12 heteroatoms. The Morgan fingerprint density at radius 1 is 0.784 bits per heavy atom. The zero-order valence-corrected chi connectivity index (χ0v) is 26.3. The maximum atomic E-state index is 13.1. The lowest BCUT2D eigenvalue weighted by Gasteiger charge is -2.24. The fourth-order valence-corrected chi connectivity index (χ4v) is 3.77. The third-order valence-corrected chi connectivity index (χ3v) is 6.80.